The predicted molar refractivity (Wildman–Crippen MR) is 84.5 cm³/mol. The number of hydrogen-bond acceptors (Lipinski definition) is 4. The zero-order chi connectivity index (χ0) is 14.6. The van der Waals surface area contributed by atoms with Gasteiger partial charge in [0.05, 0.1) is 16.2 Å². The van der Waals surface area contributed by atoms with Crippen molar-refractivity contribution in [2.45, 2.75) is 39.5 Å². The Kier molecular flexibility index (Phi) is 5.02. The second-order valence-corrected chi connectivity index (χ2v) is 6.76. The zero-order valence-electron chi connectivity index (χ0n) is 11.9. The SMILES string of the molecule is CC(C)(C)NCc1ccc(OCc2cscn2)c(Cl)c1. The van der Waals surface area contributed by atoms with Crippen LogP contribution < -0.4 is 10.1 Å². The summed E-state index contributed by atoms with van der Waals surface area (Å²) in [7, 11) is 0. The monoisotopic (exact) mass is 310 g/mol. The van der Waals surface area contributed by atoms with Crippen molar-refractivity contribution in [1.29, 1.82) is 0 Å². The molecule has 108 valence electrons. The molecule has 1 aromatic carbocycles. The Balaban J connectivity index is 1.95. The van der Waals surface area contributed by atoms with Crippen molar-refractivity contribution in [2.75, 3.05) is 0 Å². The van der Waals surface area contributed by atoms with Crippen molar-refractivity contribution in [3.63, 3.8) is 0 Å². The molecule has 0 bridgehead atoms. The highest BCUT2D eigenvalue weighted by molar-refractivity contribution is 7.07. The van der Waals surface area contributed by atoms with Crippen LogP contribution in [0.2, 0.25) is 5.02 Å². The summed E-state index contributed by atoms with van der Waals surface area (Å²) < 4.78 is 5.67. The Hall–Kier alpha value is -1.10. The smallest absolute Gasteiger partial charge is 0.138 e. The number of thiazole rings is 1. The average Bonchev–Trinajstić information content (AvgIpc) is 2.87. The highest BCUT2D eigenvalue weighted by atomic mass is 35.5. The minimum atomic E-state index is 0.0895. The number of benzene rings is 1. The number of ether oxygens (including phenoxy) is 1. The standard InChI is InChI=1S/C15H19ClN2OS/c1-15(2,3)18-7-11-4-5-14(13(16)6-11)19-8-12-9-20-10-17-12/h4-6,9-10,18H,7-8H2,1-3H3. The van der Waals surface area contributed by atoms with Crippen LogP contribution in [0.4, 0.5) is 0 Å². The molecule has 0 saturated carbocycles. The van der Waals surface area contributed by atoms with Crippen LogP contribution in [0.5, 0.6) is 5.75 Å². The molecule has 0 aliphatic carbocycles. The average molecular weight is 311 g/mol. The largest absolute Gasteiger partial charge is 0.486 e. The molecule has 5 heteroatoms. The first-order valence-corrected chi connectivity index (χ1v) is 7.79. The fraction of sp³-hybridized carbons (Fsp3) is 0.400. The normalized spacial score (nSPS) is 11.6. The Morgan fingerprint density at radius 3 is 2.75 bits per heavy atom. The third kappa shape index (κ3) is 4.78. The van der Waals surface area contributed by atoms with Crippen molar-refractivity contribution < 1.29 is 4.74 Å². The molecule has 0 saturated heterocycles. The lowest BCUT2D eigenvalue weighted by Gasteiger charge is -2.20. The van der Waals surface area contributed by atoms with Gasteiger partial charge in [-0.3, -0.25) is 0 Å². The minimum absolute atomic E-state index is 0.0895. The summed E-state index contributed by atoms with van der Waals surface area (Å²) in [6.07, 6.45) is 0. The second-order valence-electron chi connectivity index (χ2n) is 5.64. The van der Waals surface area contributed by atoms with Gasteiger partial charge in [-0.05, 0) is 38.5 Å². The van der Waals surface area contributed by atoms with Crippen LogP contribution >= 0.6 is 22.9 Å². The van der Waals surface area contributed by atoms with Crippen molar-refractivity contribution in [2.24, 2.45) is 0 Å². The van der Waals surface area contributed by atoms with Gasteiger partial charge in [0.15, 0.2) is 0 Å². The molecular weight excluding hydrogens is 292 g/mol. The van der Waals surface area contributed by atoms with Gasteiger partial charge in [0.1, 0.15) is 12.4 Å². The lowest BCUT2D eigenvalue weighted by atomic mass is 10.1. The summed E-state index contributed by atoms with van der Waals surface area (Å²) in [6, 6.07) is 5.88. The van der Waals surface area contributed by atoms with Crippen LogP contribution in [-0.4, -0.2) is 10.5 Å². The Morgan fingerprint density at radius 1 is 1.35 bits per heavy atom. The molecule has 2 rings (SSSR count). The summed E-state index contributed by atoms with van der Waals surface area (Å²) in [6.45, 7) is 7.65. The summed E-state index contributed by atoms with van der Waals surface area (Å²) in [5, 5.41) is 6.03. The number of rotatable bonds is 5. The van der Waals surface area contributed by atoms with Crippen LogP contribution in [0.15, 0.2) is 29.1 Å². The third-order valence-electron chi connectivity index (χ3n) is 2.68. The maximum absolute atomic E-state index is 6.25. The van der Waals surface area contributed by atoms with Gasteiger partial charge in [0, 0.05) is 17.5 Å². The van der Waals surface area contributed by atoms with E-state index in [-0.39, 0.29) is 5.54 Å². The van der Waals surface area contributed by atoms with Crippen molar-refractivity contribution >= 4 is 22.9 Å². The summed E-state index contributed by atoms with van der Waals surface area (Å²) in [5.41, 5.74) is 3.95. The van der Waals surface area contributed by atoms with Crippen LogP contribution in [0.3, 0.4) is 0 Å². The van der Waals surface area contributed by atoms with Crippen molar-refractivity contribution in [1.82, 2.24) is 10.3 Å². The van der Waals surface area contributed by atoms with Gasteiger partial charge in [-0.2, -0.15) is 0 Å². The van der Waals surface area contributed by atoms with Crippen molar-refractivity contribution in [3.8, 4) is 5.75 Å². The number of nitrogens with one attached hydrogen (secondary N) is 1. The Labute approximate surface area is 129 Å². The van der Waals surface area contributed by atoms with Crippen LogP contribution in [0.1, 0.15) is 32.0 Å². The lowest BCUT2D eigenvalue weighted by molar-refractivity contribution is 0.302. The first-order chi connectivity index (χ1) is 9.44. The first kappa shape index (κ1) is 15.3. The topological polar surface area (TPSA) is 34.1 Å². The highest BCUT2D eigenvalue weighted by Gasteiger charge is 2.10. The molecule has 0 aliphatic rings. The van der Waals surface area contributed by atoms with E-state index in [0.29, 0.717) is 17.4 Å². The molecule has 2 aromatic rings. The van der Waals surface area contributed by atoms with E-state index in [1.54, 1.807) is 16.8 Å². The molecule has 0 atom stereocenters. The van der Waals surface area contributed by atoms with Crippen LogP contribution in [0, 0.1) is 0 Å². The predicted octanol–water partition coefficient (Wildman–Crippen LogP) is 4.26. The van der Waals surface area contributed by atoms with E-state index in [9.17, 15) is 0 Å². The van der Waals surface area contributed by atoms with Crippen LogP contribution in [-0.2, 0) is 13.2 Å². The summed E-state index contributed by atoms with van der Waals surface area (Å²) in [4.78, 5) is 4.18. The van der Waals surface area contributed by atoms with E-state index in [1.165, 1.54) is 0 Å². The lowest BCUT2D eigenvalue weighted by Crippen LogP contribution is -2.35. The molecule has 0 aliphatic heterocycles. The number of hydrogen-bond donors (Lipinski definition) is 1. The van der Waals surface area contributed by atoms with Gasteiger partial charge < -0.3 is 10.1 Å². The number of halogens is 1. The van der Waals surface area contributed by atoms with Gasteiger partial charge in [0.25, 0.3) is 0 Å². The second kappa shape index (κ2) is 6.57. The summed E-state index contributed by atoms with van der Waals surface area (Å²) in [5.74, 6) is 0.694. The van der Waals surface area contributed by atoms with Gasteiger partial charge in [-0.25, -0.2) is 4.98 Å². The zero-order valence-corrected chi connectivity index (χ0v) is 13.5. The van der Waals surface area contributed by atoms with E-state index in [0.717, 1.165) is 17.8 Å². The van der Waals surface area contributed by atoms with E-state index in [2.05, 4.69) is 31.1 Å². The third-order valence-corrected chi connectivity index (χ3v) is 3.61. The van der Waals surface area contributed by atoms with Gasteiger partial charge >= 0.3 is 0 Å². The molecule has 0 radical (unpaired) electrons. The quantitative estimate of drug-likeness (QED) is 0.896. The minimum Gasteiger partial charge on any atom is -0.486 e. The van der Waals surface area contributed by atoms with Gasteiger partial charge in [-0.15, -0.1) is 11.3 Å². The number of nitrogens with zero attached hydrogens (tertiary/aromatic N) is 1. The van der Waals surface area contributed by atoms with Gasteiger partial charge in [0.2, 0.25) is 0 Å². The van der Waals surface area contributed by atoms with Crippen LogP contribution in [0.25, 0.3) is 0 Å². The highest BCUT2D eigenvalue weighted by Crippen LogP contribution is 2.26. The van der Waals surface area contributed by atoms with E-state index in [1.807, 2.05) is 23.6 Å². The molecular formula is C15H19ClN2OS. The van der Waals surface area contributed by atoms with Crippen molar-refractivity contribution in [3.05, 3.63) is 45.4 Å². The van der Waals surface area contributed by atoms with E-state index >= 15 is 0 Å². The Morgan fingerprint density at radius 2 is 2.15 bits per heavy atom. The summed E-state index contributed by atoms with van der Waals surface area (Å²) >= 11 is 7.81. The number of aromatic nitrogens is 1. The van der Waals surface area contributed by atoms with E-state index in [4.69, 9.17) is 16.3 Å². The fourth-order valence-electron chi connectivity index (χ4n) is 1.60. The Bertz CT molecular complexity index is 549. The molecule has 1 heterocycles. The fourth-order valence-corrected chi connectivity index (χ4v) is 2.40. The molecule has 1 aromatic heterocycles. The molecule has 20 heavy (non-hydrogen) atoms. The maximum Gasteiger partial charge on any atom is 0.138 e. The molecule has 0 fully saturated rings. The molecule has 0 spiro atoms. The maximum atomic E-state index is 6.25. The molecule has 0 amide bonds. The molecule has 0 unspecified atom stereocenters. The molecule has 1 N–H and O–H groups in total. The molecule has 3 nitrogen and oxygen atoms in total. The van der Waals surface area contributed by atoms with Gasteiger partial charge in [-0.1, -0.05) is 17.7 Å². The van der Waals surface area contributed by atoms with E-state index < -0.39 is 0 Å². The first-order valence-electron chi connectivity index (χ1n) is 6.47.